The highest BCUT2D eigenvalue weighted by molar-refractivity contribution is 7.98. The van der Waals surface area contributed by atoms with Gasteiger partial charge in [-0.3, -0.25) is 9.78 Å². The lowest BCUT2D eigenvalue weighted by Gasteiger charge is -2.09. The van der Waals surface area contributed by atoms with Crippen molar-refractivity contribution in [2.45, 2.75) is 10.6 Å². The van der Waals surface area contributed by atoms with Crippen LogP contribution in [0.25, 0.3) is 0 Å². The topological polar surface area (TPSA) is 51.2 Å². The predicted molar refractivity (Wildman–Crippen MR) is 111 cm³/mol. The molecule has 3 aromatic rings. The van der Waals surface area contributed by atoms with Crippen LogP contribution in [0.15, 0.2) is 71.9 Å². The predicted octanol–water partition coefficient (Wildman–Crippen LogP) is 5.70. The second kappa shape index (κ2) is 9.65. The van der Waals surface area contributed by atoms with Crippen LogP contribution in [-0.2, 0) is 10.5 Å². The maximum absolute atomic E-state index is 12.1. The Morgan fingerprint density at radius 2 is 1.93 bits per heavy atom. The third kappa shape index (κ3) is 6.17. The highest BCUT2D eigenvalue weighted by Gasteiger charge is 2.07. The first-order chi connectivity index (χ1) is 13.1. The SMILES string of the molecule is O=C(COc1cc(Cl)ccc1Cl)Nc1ccc(SCc2cccnc2)cc1. The number of anilines is 1. The Balaban J connectivity index is 1.48. The Labute approximate surface area is 171 Å². The second-order valence-corrected chi connectivity index (χ2v) is 7.48. The molecule has 0 fully saturated rings. The summed E-state index contributed by atoms with van der Waals surface area (Å²) in [7, 11) is 0. The summed E-state index contributed by atoms with van der Waals surface area (Å²) >= 11 is 13.6. The molecule has 0 radical (unpaired) electrons. The number of hydrogen-bond donors (Lipinski definition) is 1. The lowest BCUT2D eigenvalue weighted by Crippen LogP contribution is -2.20. The number of ether oxygens (including phenoxy) is 1. The summed E-state index contributed by atoms with van der Waals surface area (Å²) < 4.78 is 5.42. The molecule has 1 heterocycles. The minimum absolute atomic E-state index is 0.155. The monoisotopic (exact) mass is 418 g/mol. The van der Waals surface area contributed by atoms with E-state index in [2.05, 4.69) is 10.3 Å². The Bertz CT molecular complexity index is 906. The molecule has 1 amide bonds. The summed E-state index contributed by atoms with van der Waals surface area (Å²) in [6, 6.07) is 16.5. The summed E-state index contributed by atoms with van der Waals surface area (Å²) in [5, 5.41) is 3.69. The van der Waals surface area contributed by atoms with Crippen LogP contribution in [0.5, 0.6) is 5.75 Å². The van der Waals surface area contributed by atoms with Gasteiger partial charge in [-0.15, -0.1) is 11.8 Å². The third-order valence-electron chi connectivity index (χ3n) is 3.52. The van der Waals surface area contributed by atoms with Crippen molar-refractivity contribution in [2.75, 3.05) is 11.9 Å². The number of thioether (sulfide) groups is 1. The average Bonchev–Trinajstić information content (AvgIpc) is 2.69. The first kappa shape index (κ1) is 19.5. The number of aromatic nitrogens is 1. The highest BCUT2D eigenvalue weighted by Crippen LogP contribution is 2.28. The van der Waals surface area contributed by atoms with Crippen LogP contribution in [0.1, 0.15) is 5.56 Å². The molecule has 0 aliphatic rings. The molecule has 0 unspecified atom stereocenters. The average molecular weight is 419 g/mol. The van der Waals surface area contributed by atoms with Gasteiger partial charge >= 0.3 is 0 Å². The van der Waals surface area contributed by atoms with Gasteiger partial charge < -0.3 is 10.1 Å². The maximum Gasteiger partial charge on any atom is 0.262 e. The van der Waals surface area contributed by atoms with Gasteiger partial charge in [0.05, 0.1) is 5.02 Å². The van der Waals surface area contributed by atoms with E-state index in [-0.39, 0.29) is 12.5 Å². The lowest BCUT2D eigenvalue weighted by atomic mass is 10.3. The number of carbonyl (C=O) groups is 1. The van der Waals surface area contributed by atoms with Crippen molar-refractivity contribution in [3.8, 4) is 5.75 Å². The molecule has 27 heavy (non-hydrogen) atoms. The summed E-state index contributed by atoms with van der Waals surface area (Å²) in [5.41, 5.74) is 1.86. The first-order valence-corrected chi connectivity index (χ1v) is 9.84. The van der Waals surface area contributed by atoms with Crippen molar-refractivity contribution >= 4 is 46.6 Å². The minimum Gasteiger partial charge on any atom is -0.482 e. The Morgan fingerprint density at radius 3 is 2.67 bits per heavy atom. The molecule has 0 aliphatic carbocycles. The fourth-order valence-electron chi connectivity index (χ4n) is 2.21. The molecular formula is C20H16Cl2N2O2S. The van der Waals surface area contributed by atoms with Gasteiger partial charge in [-0.05, 0) is 48.0 Å². The maximum atomic E-state index is 12.1. The van der Waals surface area contributed by atoms with Crippen molar-refractivity contribution in [3.63, 3.8) is 0 Å². The van der Waals surface area contributed by atoms with Gasteiger partial charge in [0.1, 0.15) is 5.75 Å². The molecule has 2 aromatic carbocycles. The highest BCUT2D eigenvalue weighted by atomic mass is 35.5. The van der Waals surface area contributed by atoms with E-state index in [1.54, 1.807) is 36.2 Å². The molecule has 0 bridgehead atoms. The molecule has 1 aromatic heterocycles. The fourth-order valence-corrected chi connectivity index (χ4v) is 3.38. The van der Waals surface area contributed by atoms with Crippen LogP contribution in [-0.4, -0.2) is 17.5 Å². The van der Waals surface area contributed by atoms with Gasteiger partial charge in [0, 0.05) is 39.8 Å². The second-order valence-electron chi connectivity index (χ2n) is 5.59. The van der Waals surface area contributed by atoms with Gasteiger partial charge in [-0.25, -0.2) is 0 Å². The van der Waals surface area contributed by atoms with E-state index in [0.29, 0.717) is 21.5 Å². The smallest absolute Gasteiger partial charge is 0.262 e. The summed E-state index contributed by atoms with van der Waals surface area (Å²) in [6.07, 6.45) is 3.61. The fraction of sp³-hybridized carbons (Fsp3) is 0.100. The molecule has 0 saturated heterocycles. The molecule has 1 N–H and O–H groups in total. The number of nitrogens with one attached hydrogen (secondary N) is 1. The standard InChI is InChI=1S/C20H16Cl2N2O2S/c21-15-3-8-18(22)19(10-15)26-12-20(25)24-16-4-6-17(7-5-16)27-13-14-2-1-9-23-11-14/h1-11H,12-13H2,(H,24,25). The van der Waals surface area contributed by atoms with Crippen LogP contribution in [0.2, 0.25) is 10.0 Å². The largest absolute Gasteiger partial charge is 0.482 e. The van der Waals surface area contributed by atoms with Crippen molar-refractivity contribution in [1.29, 1.82) is 0 Å². The van der Waals surface area contributed by atoms with Crippen LogP contribution >= 0.6 is 35.0 Å². The van der Waals surface area contributed by atoms with Crippen LogP contribution in [0.3, 0.4) is 0 Å². The molecule has 138 valence electrons. The number of benzene rings is 2. The number of pyridine rings is 1. The van der Waals surface area contributed by atoms with Crippen LogP contribution in [0.4, 0.5) is 5.69 Å². The van der Waals surface area contributed by atoms with Gasteiger partial charge in [0.2, 0.25) is 0 Å². The van der Waals surface area contributed by atoms with Crippen LogP contribution in [0, 0.1) is 0 Å². The zero-order valence-electron chi connectivity index (χ0n) is 14.2. The summed E-state index contributed by atoms with van der Waals surface area (Å²) in [4.78, 5) is 17.3. The van der Waals surface area contributed by atoms with Crippen molar-refractivity contribution < 1.29 is 9.53 Å². The molecule has 0 spiro atoms. The number of nitrogens with zero attached hydrogens (tertiary/aromatic N) is 1. The minimum atomic E-state index is -0.276. The number of amides is 1. The van der Waals surface area contributed by atoms with E-state index in [0.717, 1.165) is 16.2 Å². The van der Waals surface area contributed by atoms with E-state index in [9.17, 15) is 4.79 Å². The lowest BCUT2D eigenvalue weighted by molar-refractivity contribution is -0.118. The first-order valence-electron chi connectivity index (χ1n) is 8.09. The van der Waals surface area contributed by atoms with E-state index in [1.165, 1.54) is 0 Å². The van der Waals surface area contributed by atoms with Crippen molar-refractivity contribution in [2.24, 2.45) is 0 Å². The van der Waals surface area contributed by atoms with Gasteiger partial charge in [0.25, 0.3) is 5.91 Å². The van der Waals surface area contributed by atoms with Crippen molar-refractivity contribution in [1.82, 2.24) is 4.98 Å². The molecule has 0 aliphatic heterocycles. The number of hydrogen-bond acceptors (Lipinski definition) is 4. The van der Waals surface area contributed by atoms with Gasteiger partial charge in [-0.1, -0.05) is 29.3 Å². The van der Waals surface area contributed by atoms with Crippen molar-refractivity contribution in [3.05, 3.63) is 82.6 Å². The van der Waals surface area contributed by atoms with E-state index in [1.807, 2.05) is 42.6 Å². The van der Waals surface area contributed by atoms with Gasteiger partial charge in [-0.2, -0.15) is 0 Å². The third-order valence-corrected chi connectivity index (χ3v) is 5.15. The summed E-state index contributed by atoms with van der Waals surface area (Å²) in [5.74, 6) is 0.941. The molecule has 3 rings (SSSR count). The molecule has 0 atom stereocenters. The molecule has 0 saturated carbocycles. The van der Waals surface area contributed by atoms with Crippen LogP contribution < -0.4 is 10.1 Å². The zero-order chi connectivity index (χ0) is 19.1. The number of rotatable bonds is 7. The Morgan fingerprint density at radius 1 is 1.11 bits per heavy atom. The molecule has 4 nitrogen and oxygen atoms in total. The number of carbonyl (C=O) groups excluding carboxylic acids is 1. The summed E-state index contributed by atoms with van der Waals surface area (Å²) in [6.45, 7) is -0.155. The normalized spacial score (nSPS) is 10.4. The van der Waals surface area contributed by atoms with E-state index in [4.69, 9.17) is 27.9 Å². The number of halogens is 2. The quantitative estimate of drug-likeness (QED) is 0.500. The Kier molecular flexibility index (Phi) is 6.98. The van der Waals surface area contributed by atoms with E-state index >= 15 is 0 Å². The zero-order valence-corrected chi connectivity index (χ0v) is 16.5. The van der Waals surface area contributed by atoms with E-state index < -0.39 is 0 Å². The molecule has 7 heteroatoms. The van der Waals surface area contributed by atoms with Gasteiger partial charge in [0.15, 0.2) is 6.61 Å². The Hall–Kier alpha value is -2.21. The molecular weight excluding hydrogens is 403 g/mol.